The number of unbranched alkanes of at least 4 members (excludes halogenated alkanes) is 2. The zero-order valence-corrected chi connectivity index (χ0v) is 16.6. The summed E-state index contributed by atoms with van der Waals surface area (Å²) in [5.74, 6) is -1.20. The smallest absolute Gasteiger partial charge is 0.310 e. The van der Waals surface area contributed by atoms with Crippen LogP contribution in [0.4, 0.5) is 0 Å². The fourth-order valence-electron chi connectivity index (χ4n) is 4.98. The summed E-state index contributed by atoms with van der Waals surface area (Å²) in [6.07, 6.45) is 3.78. The molecule has 5 aromatic carbocycles. The molecule has 0 aliphatic heterocycles. The maximum Gasteiger partial charge on any atom is 0.310 e. The third-order valence-electron chi connectivity index (χ3n) is 6.31. The number of carbonyl (C=O) groups is 1. The van der Waals surface area contributed by atoms with Crippen molar-refractivity contribution in [3.63, 3.8) is 0 Å². The lowest BCUT2D eigenvalue weighted by atomic mass is 9.83. The second kappa shape index (κ2) is 7.04. The summed E-state index contributed by atoms with van der Waals surface area (Å²) < 4.78 is 0. The van der Waals surface area contributed by atoms with Crippen LogP contribution in [-0.2, 0) is 4.79 Å². The van der Waals surface area contributed by atoms with Gasteiger partial charge in [0.05, 0.1) is 5.92 Å². The average Bonchev–Trinajstić information content (AvgIpc) is 2.74. The number of benzene rings is 5. The van der Waals surface area contributed by atoms with E-state index >= 15 is 0 Å². The summed E-state index contributed by atoms with van der Waals surface area (Å²) in [7, 11) is 0. The first-order valence-electron chi connectivity index (χ1n) is 10.5. The van der Waals surface area contributed by atoms with Gasteiger partial charge in [-0.25, -0.2) is 0 Å². The Morgan fingerprint density at radius 1 is 0.759 bits per heavy atom. The van der Waals surface area contributed by atoms with Gasteiger partial charge in [0.1, 0.15) is 0 Å². The lowest BCUT2D eigenvalue weighted by molar-refractivity contribution is -0.139. The molecule has 2 heteroatoms. The molecule has 0 fully saturated rings. The second-order valence-corrected chi connectivity index (χ2v) is 8.03. The van der Waals surface area contributed by atoms with E-state index < -0.39 is 11.9 Å². The molecule has 1 N–H and O–H groups in total. The molecule has 29 heavy (non-hydrogen) atoms. The van der Waals surface area contributed by atoms with E-state index in [2.05, 4.69) is 73.7 Å². The van der Waals surface area contributed by atoms with Gasteiger partial charge in [-0.1, -0.05) is 92.9 Å². The molecule has 5 aromatic rings. The van der Waals surface area contributed by atoms with E-state index in [1.807, 2.05) is 0 Å². The van der Waals surface area contributed by atoms with E-state index in [-0.39, 0.29) is 0 Å². The van der Waals surface area contributed by atoms with Crippen molar-refractivity contribution in [2.24, 2.45) is 0 Å². The molecule has 0 bridgehead atoms. The Morgan fingerprint density at radius 3 is 2.03 bits per heavy atom. The Labute approximate surface area is 170 Å². The van der Waals surface area contributed by atoms with Crippen molar-refractivity contribution in [2.45, 2.75) is 38.5 Å². The van der Waals surface area contributed by atoms with Crippen molar-refractivity contribution in [2.75, 3.05) is 0 Å². The first-order valence-corrected chi connectivity index (χ1v) is 10.5. The van der Waals surface area contributed by atoms with Gasteiger partial charge in [0, 0.05) is 0 Å². The molecule has 0 radical (unpaired) electrons. The molecule has 0 aliphatic rings. The number of aliphatic carboxylic acids is 1. The topological polar surface area (TPSA) is 37.3 Å². The highest BCUT2D eigenvalue weighted by atomic mass is 16.4. The average molecular weight is 380 g/mol. The maximum absolute atomic E-state index is 12.3. The summed E-state index contributed by atoms with van der Waals surface area (Å²) in [6, 6.07) is 23.4. The van der Waals surface area contributed by atoms with E-state index in [0.717, 1.165) is 30.2 Å². The Morgan fingerprint density at radius 2 is 1.38 bits per heavy atom. The minimum Gasteiger partial charge on any atom is -0.481 e. The highest BCUT2D eigenvalue weighted by molar-refractivity contribution is 6.33. The fourth-order valence-corrected chi connectivity index (χ4v) is 4.98. The number of carboxylic acid groups (broad SMARTS) is 1. The summed E-state index contributed by atoms with van der Waals surface area (Å²) in [6.45, 7) is 2.15. The quantitative estimate of drug-likeness (QED) is 0.188. The summed E-state index contributed by atoms with van der Waals surface area (Å²) in [4.78, 5) is 12.3. The Hall–Kier alpha value is -3.13. The third-order valence-corrected chi connectivity index (χ3v) is 6.31. The summed E-state index contributed by atoms with van der Waals surface area (Å²) in [5.41, 5.74) is 0.954. The predicted molar refractivity (Wildman–Crippen MR) is 122 cm³/mol. The van der Waals surface area contributed by atoms with Crippen molar-refractivity contribution >= 4 is 49.1 Å². The van der Waals surface area contributed by atoms with Gasteiger partial charge in [-0.05, 0) is 55.1 Å². The van der Waals surface area contributed by atoms with E-state index in [0.29, 0.717) is 6.42 Å². The SMILES string of the molecule is CCCCCC(C(=O)O)c1ccc2cccc3c4cccc5cccc(c1c23)c54. The zero-order chi connectivity index (χ0) is 20.0. The van der Waals surface area contributed by atoms with E-state index in [9.17, 15) is 9.90 Å². The number of carboxylic acids is 1. The van der Waals surface area contributed by atoms with Crippen molar-refractivity contribution in [3.8, 4) is 0 Å². The van der Waals surface area contributed by atoms with Crippen LogP contribution in [-0.4, -0.2) is 11.1 Å². The zero-order valence-electron chi connectivity index (χ0n) is 16.6. The minimum absolute atomic E-state index is 0.477. The fraction of sp³-hybridized carbons (Fsp3) is 0.222. The molecular formula is C27H24O2. The van der Waals surface area contributed by atoms with Crippen molar-refractivity contribution < 1.29 is 9.90 Å². The van der Waals surface area contributed by atoms with Crippen LogP contribution in [0.2, 0.25) is 0 Å². The van der Waals surface area contributed by atoms with Gasteiger partial charge in [0.2, 0.25) is 0 Å². The van der Waals surface area contributed by atoms with Crippen LogP contribution in [0.3, 0.4) is 0 Å². The molecule has 0 saturated carbocycles. The minimum atomic E-state index is -0.722. The first-order chi connectivity index (χ1) is 14.2. The monoisotopic (exact) mass is 380 g/mol. The van der Waals surface area contributed by atoms with Crippen molar-refractivity contribution in [3.05, 3.63) is 72.3 Å². The Bertz CT molecular complexity index is 1340. The molecule has 0 spiro atoms. The highest BCUT2D eigenvalue weighted by Crippen LogP contribution is 2.43. The Kier molecular flexibility index (Phi) is 4.35. The van der Waals surface area contributed by atoms with Crippen molar-refractivity contribution in [1.82, 2.24) is 0 Å². The summed E-state index contributed by atoms with van der Waals surface area (Å²) in [5, 5.41) is 19.6. The van der Waals surface area contributed by atoms with Gasteiger partial charge < -0.3 is 5.11 Å². The van der Waals surface area contributed by atoms with Gasteiger partial charge in [-0.3, -0.25) is 4.79 Å². The van der Waals surface area contributed by atoms with E-state index in [4.69, 9.17) is 0 Å². The normalized spacial score (nSPS) is 13.0. The molecule has 5 rings (SSSR count). The van der Waals surface area contributed by atoms with Crippen molar-refractivity contribution in [1.29, 1.82) is 0 Å². The first kappa shape index (κ1) is 17.9. The van der Waals surface area contributed by atoms with Crippen LogP contribution in [0.1, 0.15) is 44.1 Å². The number of hydrogen-bond donors (Lipinski definition) is 1. The van der Waals surface area contributed by atoms with E-state index in [1.165, 1.54) is 37.7 Å². The lowest BCUT2D eigenvalue weighted by Crippen LogP contribution is -2.12. The molecule has 1 atom stereocenters. The molecule has 0 aliphatic carbocycles. The van der Waals surface area contributed by atoms with Crippen LogP contribution in [0, 0.1) is 0 Å². The molecule has 0 amide bonds. The number of hydrogen-bond acceptors (Lipinski definition) is 1. The van der Waals surface area contributed by atoms with Crippen LogP contribution in [0.5, 0.6) is 0 Å². The number of rotatable bonds is 6. The standard InChI is InChI=1S/C27H24O2/c1-2-3-4-11-22(27(28)29)21-16-15-18-10-6-13-20-19-12-5-8-17-9-7-14-23(24(17)19)26(21)25(18)20/h5-10,12-16,22H,2-4,11H2,1H3,(H,28,29). The largest absolute Gasteiger partial charge is 0.481 e. The molecular weight excluding hydrogens is 356 g/mol. The van der Waals surface area contributed by atoms with Crippen LogP contribution in [0.25, 0.3) is 43.1 Å². The highest BCUT2D eigenvalue weighted by Gasteiger charge is 2.24. The van der Waals surface area contributed by atoms with Crippen LogP contribution < -0.4 is 0 Å². The van der Waals surface area contributed by atoms with Crippen LogP contribution >= 0.6 is 0 Å². The van der Waals surface area contributed by atoms with Gasteiger partial charge in [0.15, 0.2) is 0 Å². The van der Waals surface area contributed by atoms with Gasteiger partial charge in [0.25, 0.3) is 0 Å². The molecule has 1 unspecified atom stereocenters. The maximum atomic E-state index is 12.3. The Balaban J connectivity index is 1.93. The molecule has 0 saturated heterocycles. The molecule has 0 heterocycles. The van der Waals surface area contributed by atoms with E-state index in [1.54, 1.807) is 0 Å². The van der Waals surface area contributed by atoms with Crippen LogP contribution in [0.15, 0.2) is 66.7 Å². The molecule has 144 valence electrons. The third kappa shape index (κ3) is 2.74. The lowest BCUT2D eigenvalue weighted by Gasteiger charge is -2.20. The van der Waals surface area contributed by atoms with Gasteiger partial charge >= 0.3 is 5.97 Å². The molecule has 2 nitrogen and oxygen atoms in total. The van der Waals surface area contributed by atoms with Gasteiger partial charge in [-0.2, -0.15) is 0 Å². The van der Waals surface area contributed by atoms with Gasteiger partial charge in [-0.15, -0.1) is 0 Å². The second-order valence-electron chi connectivity index (χ2n) is 8.03. The number of fused-ring (bicyclic) bond motifs is 2. The summed E-state index contributed by atoms with van der Waals surface area (Å²) >= 11 is 0. The predicted octanol–water partition coefficient (Wildman–Crippen LogP) is 7.49. The molecule has 0 aromatic heterocycles.